The van der Waals surface area contributed by atoms with Crippen LogP contribution >= 0.6 is 0 Å². The Bertz CT molecular complexity index is 1000. The molecular formula is C22H25NO5S. The molecule has 0 N–H and O–H groups in total. The van der Waals surface area contributed by atoms with Crippen LogP contribution in [-0.2, 0) is 25.9 Å². The third kappa shape index (κ3) is 5.44. The number of nitrogens with zero attached hydrogens (tertiary/aromatic N) is 1. The smallest absolute Gasteiger partial charge is 0.338 e. The molecule has 0 aromatic heterocycles. The van der Waals surface area contributed by atoms with Gasteiger partial charge in [-0.15, -0.1) is 0 Å². The molecule has 0 saturated carbocycles. The summed E-state index contributed by atoms with van der Waals surface area (Å²) in [6.07, 6.45) is 0.395. The second-order valence-corrected chi connectivity index (χ2v) is 9.67. The van der Waals surface area contributed by atoms with E-state index in [9.17, 15) is 18.0 Å². The van der Waals surface area contributed by atoms with Crippen molar-refractivity contribution in [2.24, 2.45) is 0 Å². The van der Waals surface area contributed by atoms with Gasteiger partial charge in [-0.05, 0) is 49.1 Å². The lowest BCUT2D eigenvalue weighted by Gasteiger charge is -2.28. The Hall–Kier alpha value is -2.67. The minimum absolute atomic E-state index is 0.0589. The maximum Gasteiger partial charge on any atom is 0.338 e. The molecule has 2 aromatic rings. The summed E-state index contributed by atoms with van der Waals surface area (Å²) >= 11 is 0. The van der Waals surface area contributed by atoms with Crippen molar-refractivity contribution >= 4 is 21.7 Å². The van der Waals surface area contributed by atoms with E-state index in [1.54, 1.807) is 12.1 Å². The SMILES string of the molecule is Cc1ccc(C(=O)OCC(=O)N(Cc2ccccc2)[C@H]2CCS(=O)(=O)C2)cc1C. The van der Waals surface area contributed by atoms with Crippen LogP contribution < -0.4 is 0 Å². The average Bonchev–Trinajstić information content (AvgIpc) is 3.06. The minimum atomic E-state index is -3.15. The molecule has 0 aliphatic carbocycles. The molecular weight excluding hydrogens is 390 g/mol. The van der Waals surface area contributed by atoms with Crippen molar-refractivity contribution < 1.29 is 22.7 Å². The molecule has 1 amide bonds. The van der Waals surface area contributed by atoms with E-state index in [1.807, 2.05) is 50.2 Å². The number of amides is 1. The second-order valence-electron chi connectivity index (χ2n) is 7.44. The Morgan fingerprint density at radius 3 is 2.41 bits per heavy atom. The Morgan fingerprint density at radius 2 is 1.79 bits per heavy atom. The fraction of sp³-hybridized carbons (Fsp3) is 0.364. The Kier molecular flexibility index (Phi) is 6.37. The summed E-state index contributed by atoms with van der Waals surface area (Å²) in [5.41, 5.74) is 3.31. The topological polar surface area (TPSA) is 80.8 Å². The first-order valence-electron chi connectivity index (χ1n) is 9.53. The van der Waals surface area contributed by atoms with Crippen molar-refractivity contribution in [2.45, 2.75) is 32.9 Å². The number of rotatable bonds is 6. The van der Waals surface area contributed by atoms with Crippen molar-refractivity contribution in [3.8, 4) is 0 Å². The predicted octanol–water partition coefficient (Wildman–Crippen LogP) is 2.68. The number of benzene rings is 2. The van der Waals surface area contributed by atoms with Gasteiger partial charge in [-0.3, -0.25) is 4.79 Å². The molecule has 6 nitrogen and oxygen atoms in total. The minimum Gasteiger partial charge on any atom is -0.452 e. The second kappa shape index (κ2) is 8.78. The Labute approximate surface area is 171 Å². The van der Waals surface area contributed by atoms with E-state index >= 15 is 0 Å². The van der Waals surface area contributed by atoms with Crippen LogP contribution in [0.15, 0.2) is 48.5 Å². The van der Waals surface area contributed by atoms with Crippen molar-refractivity contribution in [3.63, 3.8) is 0 Å². The van der Waals surface area contributed by atoms with Gasteiger partial charge in [-0.2, -0.15) is 0 Å². The fourth-order valence-electron chi connectivity index (χ4n) is 3.38. The molecule has 1 aliphatic heterocycles. The summed E-state index contributed by atoms with van der Waals surface area (Å²) in [6, 6.07) is 14.2. The van der Waals surface area contributed by atoms with Gasteiger partial charge in [0, 0.05) is 12.6 Å². The van der Waals surface area contributed by atoms with Gasteiger partial charge >= 0.3 is 5.97 Å². The van der Waals surface area contributed by atoms with Gasteiger partial charge in [0.1, 0.15) is 0 Å². The molecule has 0 radical (unpaired) electrons. The number of aryl methyl sites for hydroxylation is 2. The highest BCUT2D eigenvalue weighted by atomic mass is 32.2. The number of carbonyl (C=O) groups excluding carboxylic acids is 2. The third-order valence-electron chi connectivity index (χ3n) is 5.23. The van der Waals surface area contributed by atoms with Crippen molar-refractivity contribution in [3.05, 3.63) is 70.8 Å². The largest absolute Gasteiger partial charge is 0.452 e. The van der Waals surface area contributed by atoms with Gasteiger partial charge in [-0.25, -0.2) is 13.2 Å². The summed E-state index contributed by atoms with van der Waals surface area (Å²) < 4.78 is 29.1. The van der Waals surface area contributed by atoms with Crippen LogP contribution in [0.2, 0.25) is 0 Å². The molecule has 154 valence electrons. The van der Waals surface area contributed by atoms with Crippen LogP contribution in [0.1, 0.15) is 33.5 Å². The molecule has 2 aromatic carbocycles. The van der Waals surface area contributed by atoms with Crippen LogP contribution in [0.3, 0.4) is 0 Å². The molecule has 1 aliphatic rings. The van der Waals surface area contributed by atoms with Crippen molar-refractivity contribution in [1.82, 2.24) is 4.90 Å². The van der Waals surface area contributed by atoms with Gasteiger partial charge in [-0.1, -0.05) is 36.4 Å². The van der Waals surface area contributed by atoms with Crippen LogP contribution in [0, 0.1) is 13.8 Å². The number of esters is 1. The van der Waals surface area contributed by atoms with E-state index in [0.717, 1.165) is 16.7 Å². The number of carbonyl (C=O) groups is 2. The molecule has 1 fully saturated rings. The van der Waals surface area contributed by atoms with Gasteiger partial charge < -0.3 is 9.64 Å². The fourth-order valence-corrected chi connectivity index (χ4v) is 5.11. The number of hydrogen-bond acceptors (Lipinski definition) is 5. The molecule has 3 rings (SSSR count). The van der Waals surface area contributed by atoms with Gasteiger partial charge in [0.25, 0.3) is 5.91 Å². The Morgan fingerprint density at radius 1 is 1.07 bits per heavy atom. The van der Waals surface area contributed by atoms with E-state index in [-0.39, 0.29) is 18.1 Å². The highest BCUT2D eigenvalue weighted by Gasteiger charge is 2.35. The van der Waals surface area contributed by atoms with Crippen LogP contribution in [0.25, 0.3) is 0 Å². The maximum absolute atomic E-state index is 12.9. The van der Waals surface area contributed by atoms with E-state index in [0.29, 0.717) is 12.0 Å². The quantitative estimate of drug-likeness (QED) is 0.678. The van der Waals surface area contributed by atoms with Gasteiger partial charge in [0.05, 0.1) is 17.1 Å². The average molecular weight is 416 g/mol. The Balaban J connectivity index is 1.70. The molecule has 1 heterocycles. The van der Waals surface area contributed by atoms with Crippen LogP contribution in [0.4, 0.5) is 0 Å². The van der Waals surface area contributed by atoms with Gasteiger partial charge in [0.15, 0.2) is 16.4 Å². The van der Waals surface area contributed by atoms with Gasteiger partial charge in [0.2, 0.25) is 0 Å². The lowest BCUT2D eigenvalue weighted by atomic mass is 10.1. The third-order valence-corrected chi connectivity index (χ3v) is 6.98. The number of ether oxygens (including phenoxy) is 1. The summed E-state index contributed by atoms with van der Waals surface area (Å²) in [7, 11) is -3.15. The van der Waals surface area contributed by atoms with E-state index in [4.69, 9.17) is 4.74 Å². The lowest BCUT2D eigenvalue weighted by Crippen LogP contribution is -2.42. The summed E-state index contributed by atoms with van der Waals surface area (Å²) in [5.74, 6) is -0.955. The number of sulfone groups is 1. The first-order valence-corrected chi connectivity index (χ1v) is 11.4. The molecule has 0 unspecified atom stereocenters. The van der Waals surface area contributed by atoms with Crippen molar-refractivity contribution in [1.29, 1.82) is 0 Å². The molecule has 0 spiro atoms. The van der Waals surface area contributed by atoms with E-state index in [1.165, 1.54) is 4.90 Å². The zero-order chi connectivity index (χ0) is 21.0. The maximum atomic E-state index is 12.9. The highest BCUT2D eigenvalue weighted by molar-refractivity contribution is 7.91. The monoisotopic (exact) mass is 415 g/mol. The molecule has 29 heavy (non-hydrogen) atoms. The molecule has 7 heteroatoms. The molecule has 0 bridgehead atoms. The first-order chi connectivity index (χ1) is 13.7. The normalized spacial score (nSPS) is 17.7. The number of hydrogen-bond donors (Lipinski definition) is 0. The summed E-state index contributed by atoms with van der Waals surface area (Å²) in [6.45, 7) is 3.71. The molecule has 1 atom stereocenters. The van der Waals surface area contributed by atoms with Crippen molar-refractivity contribution in [2.75, 3.05) is 18.1 Å². The highest BCUT2D eigenvalue weighted by Crippen LogP contribution is 2.21. The van der Waals surface area contributed by atoms with E-state index in [2.05, 4.69) is 0 Å². The zero-order valence-corrected chi connectivity index (χ0v) is 17.4. The molecule has 1 saturated heterocycles. The van der Waals surface area contributed by atoms with E-state index < -0.39 is 34.4 Å². The lowest BCUT2D eigenvalue weighted by molar-refractivity contribution is -0.137. The standard InChI is InChI=1S/C22H25NO5S/c1-16-8-9-19(12-17(16)2)22(25)28-14-21(24)23(13-18-6-4-3-5-7-18)20-10-11-29(26,27)15-20/h3-9,12,20H,10-11,13-15H2,1-2H3/t20-/m0/s1. The zero-order valence-electron chi connectivity index (χ0n) is 16.6. The predicted molar refractivity (Wildman–Crippen MR) is 110 cm³/mol. The summed E-state index contributed by atoms with van der Waals surface area (Å²) in [5, 5.41) is 0. The van der Waals surface area contributed by atoms with Crippen LogP contribution in [-0.4, -0.2) is 49.3 Å². The first kappa shape index (κ1) is 21.0. The van der Waals surface area contributed by atoms with Crippen LogP contribution in [0.5, 0.6) is 0 Å². The summed E-state index contributed by atoms with van der Waals surface area (Å²) in [4.78, 5) is 26.7.